The summed E-state index contributed by atoms with van der Waals surface area (Å²) < 4.78 is 29.8. The zero-order chi connectivity index (χ0) is 19.5. The third-order valence-corrected chi connectivity index (χ3v) is 6.01. The molecule has 0 N–H and O–H groups in total. The minimum absolute atomic E-state index is 0. The molecule has 2 aromatic rings. The van der Waals surface area contributed by atoms with Gasteiger partial charge in [0.15, 0.2) is 0 Å². The Bertz CT molecular complexity index is 828. The number of carbonyl (C=O) groups is 1. The first kappa shape index (κ1) is 24.8. The molecule has 150 valence electrons. The molecule has 0 aliphatic rings. The molecule has 6 heteroatoms. The van der Waals surface area contributed by atoms with E-state index in [0.717, 1.165) is 18.2 Å². The van der Waals surface area contributed by atoms with Crippen molar-refractivity contribution in [1.82, 2.24) is 0 Å². The van der Waals surface area contributed by atoms with Gasteiger partial charge in [-0.1, -0.05) is 94.7 Å². The van der Waals surface area contributed by atoms with Crippen molar-refractivity contribution in [1.29, 1.82) is 0 Å². The Hall–Kier alpha value is -1.26. The van der Waals surface area contributed by atoms with Crippen LogP contribution in [-0.2, 0) is 38.6 Å². The summed E-state index contributed by atoms with van der Waals surface area (Å²) in [6.07, 6.45) is 10.4. The van der Waals surface area contributed by atoms with E-state index >= 15 is 0 Å². The van der Waals surface area contributed by atoms with Crippen LogP contribution >= 0.6 is 0 Å². The quantitative estimate of drug-likeness (QED) is 0.224. The van der Waals surface area contributed by atoms with Crippen molar-refractivity contribution in [3.63, 3.8) is 0 Å². The molecule has 2 rings (SSSR count). The van der Waals surface area contributed by atoms with Gasteiger partial charge in [-0.25, -0.2) is 0 Å². The second-order valence-electron chi connectivity index (χ2n) is 6.97. The van der Waals surface area contributed by atoms with Crippen LogP contribution in [0.2, 0.25) is 0 Å². The Morgan fingerprint density at radius 1 is 0.821 bits per heavy atom. The van der Waals surface area contributed by atoms with E-state index in [4.69, 9.17) is 4.18 Å². The van der Waals surface area contributed by atoms with Crippen LogP contribution in [0.5, 0.6) is 0 Å². The molecular formula is C22H30O4SZn. The molecule has 0 saturated carbocycles. The van der Waals surface area contributed by atoms with Crippen molar-refractivity contribution < 1.29 is 36.9 Å². The van der Waals surface area contributed by atoms with Crippen molar-refractivity contribution in [2.75, 3.05) is 0 Å². The van der Waals surface area contributed by atoms with E-state index in [2.05, 4.69) is 6.92 Å². The minimum Gasteiger partial charge on any atom is -0.342 e. The summed E-state index contributed by atoms with van der Waals surface area (Å²) >= 11 is 0. The SMILES string of the molecule is CCCCCCCCCCCC(=O)OS(=O)(=O)c1cccc2ccccc12.[Zn]. The van der Waals surface area contributed by atoms with Crippen molar-refractivity contribution >= 4 is 26.9 Å². The van der Waals surface area contributed by atoms with Crippen molar-refractivity contribution in [2.24, 2.45) is 0 Å². The maximum atomic E-state index is 12.5. The summed E-state index contributed by atoms with van der Waals surface area (Å²) in [5, 5.41) is 1.37. The molecule has 0 unspecified atom stereocenters. The van der Waals surface area contributed by atoms with E-state index in [9.17, 15) is 13.2 Å². The fourth-order valence-corrected chi connectivity index (χ4v) is 4.32. The maximum absolute atomic E-state index is 12.5. The van der Waals surface area contributed by atoms with Crippen LogP contribution in [0.15, 0.2) is 47.4 Å². The van der Waals surface area contributed by atoms with Gasteiger partial charge in [0.25, 0.3) is 0 Å². The Labute approximate surface area is 181 Å². The normalized spacial score (nSPS) is 11.2. The number of fused-ring (bicyclic) bond motifs is 1. The third kappa shape index (κ3) is 8.01. The summed E-state index contributed by atoms with van der Waals surface area (Å²) in [6.45, 7) is 2.21. The van der Waals surface area contributed by atoms with E-state index in [1.54, 1.807) is 18.2 Å². The van der Waals surface area contributed by atoms with Crippen LogP contribution in [0, 0.1) is 0 Å². The fraction of sp³-hybridized carbons (Fsp3) is 0.500. The van der Waals surface area contributed by atoms with Gasteiger partial charge in [0.1, 0.15) is 4.90 Å². The monoisotopic (exact) mass is 454 g/mol. The minimum atomic E-state index is -4.10. The average molecular weight is 456 g/mol. The third-order valence-electron chi connectivity index (χ3n) is 4.71. The van der Waals surface area contributed by atoms with Gasteiger partial charge in [0, 0.05) is 31.3 Å². The zero-order valence-electron chi connectivity index (χ0n) is 16.9. The van der Waals surface area contributed by atoms with E-state index in [0.29, 0.717) is 11.8 Å². The summed E-state index contributed by atoms with van der Waals surface area (Å²) in [4.78, 5) is 12.0. The molecule has 0 bridgehead atoms. The van der Waals surface area contributed by atoms with E-state index in [1.165, 1.54) is 44.6 Å². The Kier molecular flexibility index (Phi) is 11.6. The Morgan fingerprint density at radius 2 is 1.39 bits per heavy atom. The molecule has 0 atom stereocenters. The second-order valence-corrected chi connectivity index (χ2v) is 8.48. The molecule has 0 aliphatic heterocycles. The van der Waals surface area contributed by atoms with Crippen LogP contribution in [0.1, 0.15) is 71.1 Å². The van der Waals surface area contributed by atoms with Gasteiger partial charge in [0.05, 0.1) is 0 Å². The Balaban J connectivity index is 0.00000392. The topological polar surface area (TPSA) is 60.4 Å². The zero-order valence-corrected chi connectivity index (χ0v) is 20.6. The first-order valence-corrected chi connectivity index (χ1v) is 11.4. The molecule has 0 radical (unpaired) electrons. The number of carbonyl (C=O) groups excluding carboxylic acids is 1. The number of unbranched alkanes of at least 4 members (excludes halogenated alkanes) is 8. The van der Waals surface area contributed by atoms with Crippen LogP contribution in [-0.4, -0.2) is 14.4 Å². The van der Waals surface area contributed by atoms with Crippen molar-refractivity contribution in [3.8, 4) is 0 Å². The first-order chi connectivity index (χ1) is 13.0. The molecule has 0 spiro atoms. The summed E-state index contributed by atoms with van der Waals surface area (Å²) in [6, 6.07) is 12.1. The fourth-order valence-electron chi connectivity index (χ4n) is 3.20. The summed E-state index contributed by atoms with van der Waals surface area (Å²) in [5.41, 5.74) is 0. The Morgan fingerprint density at radius 3 is 2.07 bits per heavy atom. The van der Waals surface area contributed by atoms with Crippen molar-refractivity contribution in [3.05, 3.63) is 42.5 Å². The predicted octanol–water partition coefficient (Wildman–Crippen LogP) is 5.99. The van der Waals surface area contributed by atoms with Gasteiger partial charge in [-0.15, -0.1) is 0 Å². The standard InChI is InChI=1S/C22H30O4S.Zn/c1-2-3-4-5-6-7-8-9-10-18-22(23)26-27(24,25)21-17-13-15-19-14-11-12-16-20(19)21;/h11-17H,2-10,18H2,1H3;. The van der Waals surface area contributed by atoms with Gasteiger partial charge in [0.2, 0.25) is 0 Å². The second kappa shape index (κ2) is 13.1. The molecule has 4 nitrogen and oxygen atoms in total. The molecule has 0 fully saturated rings. The van der Waals surface area contributed by atoms with Gasteiger partial charge in [-0.2, -0.15) is 8.42 Å². The summed E-state index contributed by atoms with van der Waals surface area (Å²) in [5.74, 6) is -0.675. The molecule has 0 aliphatic carbocycles. The van der Waals surface area contributed by atoms with E-state index in [-0.39, 0.29) is 30.8 Å². The maximum Gasteiger partial charge on any atom is 0.342 e. The van der Waals surface area contributed by atoms with Crippen LogP contribution in [0.25, 0.3) is 10.8 Å². The van der Waals surface area contributed by atoms with Gasteiger partial charge in [-0.3, -0.25) is 4.79 Å². The molecule has 0 aromatic heterocycles. The summed E-state index contributed by atoms with van der Waals surface area (Å²) in [7, 11) is -4.10. The number of rotatable bonds is 12. The number of hydrogen-bond acceptors (Lipinski definition) is 4. The average Bonchev–Trinajstić information content (AvgIpc) is 2.66. The van der Waals surface area contributed by atoms with Gasteiger partial charge < -0.3 is 4.18 Å². The predicted molar refractivity (Wildman–Crippen MR) is 109 cm³/mol. The van der Waals surface area contributed by atoms with Crippen LogP contribution in [0.4, 0.5) is 0 Å². The molecule has 0 saturated heterocycles. The van der Waals surface area contributed by atoms with Crippen LogP contribution in [0.3, 0.4) is 0 Å². The molecule has 28 heavy (non-hydrogen) atoms. The number of hydrogen-bond donors (Lipinski definition) is 0. The largest absolute Gasteiger partial charge is 0.342 e. The van der Waals surface area contributed by atoms with E-state index < -0.39 is 16.1 Å². The van der Waals surface area contributed by atoms with E-state index in [1.807, 2.05) is 18.2 Å². The molecule has 0 amide bonds. The van der Waals surface area contributed by atoms with Gasteiger partial charge in [-0.05, 0) is 17.9 Å². The first-order valence-electron chi connectivity index (χ1n) is 9.99. The van der Waals surface area contributed by atoms with Gasteiger partial charge >= 0.3 is 16.1 Å². The molecular weight excluding hydrogens is 426 g/mol. The molecule has 2 aromatic carbocycles. The van der Waals surface area contributed by atoms with Crippen molar-refractivity contribution in [2.45, 2.75) is 76.0 Å². The smallest absolute Gasteiger partial charge is 0.342 e. The number of benzene rings is 2. The van der Waals surface area contributed by atoms with Crippen LogP contribution < -0.4 is 0 Å². The molecule has 0 heterocycles.